The fraction of sp³-hybridized carbons (Fsp3) is 0.500. The predicted molar refractivity (Wildman–Crippen MR) is 59.7 cm³/mol. The van der Waals surface area contributed by atoms with Crippen molar-refractivity contribution in [3.63, 3.8) is 0 Å². The van der Waals surface area contributed by atoms with Crippen molar-refractivity contribution in [2.75, 3.05) is 0 Å². The smallest absolute Gasteiger partial charge is 0.0991 e. The molecule has 4 rings (SSSR count). The first-order chi connectivity index (χ1) is 7.38. The van der Waals surface area contributed by atoms with Gasteiger partial charge in [-0.1, -0.05) is 12.5 Å². The molecule has 0 aromatic heterocycles. The molecule has 1 aromatic rings. The number of hydrogen-bond donors (Lipinski definition) is 0. The molecule has 0 aliphatic heterocycles. The Balaban J connectivity index is 2.15. The molecule has 0 radical (unpaired) electrons. The summed E-state index contributed by atoms with van der Waals surface area (Å²) in [6, 6.07) is 8.58. The lowest BCUT2D eigenvalue weighted by Gasteiger charge is -2.27. The largest absolute Gasteiger partial charge is 0.192 e. The van der Waals surface area contributed by atoms with E-state index in [0.29, 0.717) is 0 Å². The van der Waals surface area contributed by atoms with Crippen molar-refractivity contribution >= 4 is 0 Å². The Bertz CT molecular complexity index is 423. The van der Waals surface area contributed by atoms with E-state index < -0.39 is 0 Å². The van der Waals surface area contributed by atoms with E-state index in [4.69, 9.17) is 5.26 Å². The SMILES string of the molecule is N#Cc1ccc2c(c1)[C@H]1CCC[C@H]2CC1. The van der Waals surface area contributed by atoms with E-state index in [9.17, 15) is 0 Å². The van der Waals surface area contributed by atoms with Gasteiger partial charge >= 0.3 is 0 Å². The molecule has 3 aliphatic rings. The lowest BCUT2D eigenvalue weighted by Crippen LogP contribution is -2.10. The van der Waals surface area contributed by atoms with Crippen molar-refractivity contribution < 1.29 is 0 Å². The van der Waals surface area contributed by atoms with Crippen LogP contribution in [0.25, 0.3) is 0 Å². The van der Waals surface area contributed by atoms with Gasteiger partial charge in [0.1, 0.15) is 0 Å². The summed E-state index contributed by atoms with van der Waals surface area (Å²) in [5.41, 5.74) is 3.87. The van der Waals surface area contributed by atoms with Crippen LogP contribution in [-0.2, 0) is 0 Å². The quantitative estimate of drug-likeness (QED) is 0.622. The van der Waals surface area contributed by atoms with Crippen LogP contribution >= 0.6 is 0 Å². The van der Waals surface area contributed by atoms with Gasteiger partial charge in [0.05, 0.1) is 11.6 Å². The fourth-order valence-corrected chi connectivity index (χ4v) is 3.29. The predicted octanol–water partition coefficient (Wildman–Crippen LogP) is 3.70. The topological polar surface area (TPSA) is 23.8 Å². The standard InChI is InChI=1S/C14H15N/c15-9-10-4-7-13-11-2-1-3-12(6-5-11)14(13)8-10/h4,7-8,11-12H,1-3,5-6H2/t11-,12-/m0/s1. The van der Waals surface area contributed by atoms with Gasteiger partial charge in [-0.3, -0.25) is 0 Å². The van der Waals surface area contributed by atoms with Crippen LogP contribution in [0.3, 0.4) is 0 Å². The van der Waals surface area contributed by atoms with Gasteiger partial charge in [-0.15, -0.1) is 0 Å². The molecule has 2 atom stereocenters. The third-order valence-corrected chi connectivity index (χ3v) is 4.06. The zero-order valence-corrected chi connectivity index (χ0v) is 8.87. The molecule has 1 saturated carbocycles. The van der Waals surface area contributed by atoms with Crippen LogP contribution in [0.15, 0.2) is 18.2 Å². The van der Waals surface area contributed by atoms with Crippen LogP contribution in [-0.4, -0.2) is 0 Å². The van der Waals surface area contributed by atoms with Crippen LogP contribution in [0.4, 0.5) is 0 Å². The van der Waals surface area contributed by atoms with Crippen molar-refractivity contribution in [3.8, 4) is 6.07 Å². The van der Waals surface area contributed by atoms with Gasteiger partial charge in [0, 0.05) is 0 Å². The first-order valence-corrected chi connectivity index (χ1v) is 5.92. The lowest BCUT2D eigenvalue weighted by atomic mass is 9.78. The maximum absolute atomic E-state index is 8.93. The Kier molecular flexibility index (Phi) is 2.02. The monoisotopic (exact) mass is 197 g/mol. The Morgan fingerprint density at radius 2 is 1.73 bits per heavy atom. The van der Waals surface area contributed by atoms with Crippen molar-refractivity contribution in [3.05, 3.63) is 34.9 Å². The molecule has 1 heteroatoms. The van der Waals surface area contributed by atoms with Crippen molar-refractivity contribution in [2.45, 2.75) is 43.9 Å². The van der Waals surface area contributed by atoms with Crippen LogP contribution in [0.2, 0.25) is 0 Å². The summed E-state index contributed by atoms with van der Waals surface area (Å²) in [7, 11) is 0. The van der Waals surface area contributed by atoms with E-state index >= 15 is 0 Å². The molecule has 1 aromatic carbocycles. The van der Waals surface area contributed by atoms with Gasteiger partial charge in [-0.05, 0) is 60.8 Å². The highest BCUT2D eigenvalue weighted by Gasteiger charge is 2.30. The highest BCUT2D eigenvalue weighted by atomic mass is 14.3. The van der Waals surface area contributed by atoms with Gasteiger partial charge in [-0.25, -0.2) is 0 Å². The van der Waals surface area contributed by atoms with Crippen LogP contribution in [0, 0.1) is 11.3 Å². The first kappa shape index (κ1) is 8.97. The van der Waals surface area contributed by atoms with Crippen LogP contribution < -0.4 is 0 Å². The molecule has 76 valence electrons. The van der Waals surface area contributed by atoms with Crippen molar-refractivity contribution in [1.82, 2.24) is 0 Å². The maximum Gasteiger partial charge on any atom is 0.0991 e. The van der Waals surface area contributed by atoms with Gasteiger partial charge < -0.3 is 0 Å². The Hall–Kier alpha value is -1.29. The molecule has 1 fully saturated rings. The summed E-state index contributed by atoms with van der Waals surface area (Å²) < 4.78 is 0. The molecule has 0 spiro atoms. The second-order valence-electron chi connectivity index (χ2n) is 4.86. The minimum Gasteiger partial charge on any atom is -0.192 e. The maximum atomic E-state index is 8.93. The molecule has 0 saturated heterocycles. The first-order valence-electron chi connectivity index (χ1n) is 5.92. The van der Waals surface area contributed by atoms with Crippen LogP contribution in [0.1, 0.15) is 60.6 Å². The minimum atomic E-state index is 0.743. The summed E-state index contributed by atoms with van der Waals surface area (Å²) in [5.74, 6) is 1.53. The molecule has 0 unspecified atom stereocenters. The molecule has 2 bridgehead atoms. The summed E-state index contributed by atoms with van der Waals surface area (Å²) in [6.07, 6.45) is 6.76. The van der Waals surface area contributed by atoms with E-state index in [1.54, 1.807) is 5.56 Å². The van der Waals surface area contributed by atoms with Crippen molar-refractivity contribution in [1.29, 1.82) is 5.26 Å². The molecule has 0 amide bonds. The highest BCUT2D eigenvalue weighted by molar-refractivity contribution is 5.43. The number of hydrogen-bond acceptors (Lipinski definition) is 1. The summed E-state index contributed by atoms with van der Waals surface area (Å²) in [5, 5.41) is 8.93. The van der Waals surface area contributed by atoms with Gasteiger partial charge in [0.25, 0.3) is 0 Å². The molecule has 3 aliphatic carbocycles. The third-order valence-electron chi connectivity index (χ3n) is 4.06. The van der Waals surface area contributed by atoms with Gasteiger partial charge in [0.2, 0.25) is 0 Å². The zero-order valence-electron chi connectivity index (χ0n) is 8.87. The number of nitriles is 1. The summed E-state index contributed by atoms with van der Waals surface area (Å²) >= 11 is 0. The molecule has 0 heterocycles. The average Bonchev–Trinajstić information content (AvgIpc) is 2.62. The van der Waals surface area contributed by atoms with Gasteiger partial charge in [0.15, 0.2) is 0 Å². The normalized spacial score (nSPS) is 27.9. The fourth-order valence-electron chi connectivity index (χ4n) is 3.29. The summed E-state index contributed by atoms with van der Waals surface area (Å²) in [6.45, 7) is 0. The molecular weight excluding hydrogens is 182 g/mol. The molecular formula is C14H15N. The van der Waals surface area contributed by atoms with Crippen molar-refractivity contribution in [2.24, 2.45) is 0 Å². The van der Waals surface area contributed by atoms with Gasteiger partial charge in [-0.2, -0.15) is 5.26 Å². The Labute approximate surface area is 90.7 Å². The number of fused-ring (bicyclic) bond motifs is 3. The van der Waals surface area contributed by atoms with E-state index in [0.717, 1.165) is 17.4 Å². The minimum absolute atomic E-state index is 0.743. The molecule has 0 N–H and O–H groups in total. The third kappa shape index (κ3) is 1.36. The lowest BCUT2D eigenvalue weighted by molar-refractivity contribution is 0.527. The van der Waals surface area contributed by atoms with E-state index in [1.807, 2.05) is 6.07 Å². The summed E-state index contributed by atoms with van der Waals surface area (Å²) in [4.78, 5) is 0. The Morgan fingerprint density at radius 3 is 2.47 bits per heavy atom. The number of nitrogens with zero attached hydrogens (tertiary/aromatic N) is 1. The van der Waals surface area contributed by atoms with E-state index in [2.05, 4.69) is 18.2 Å². The Morgan fingerprint density at radius 1 is 1.00 bits per heavy atom. The average molecular weight is 197 g/mol. The van der Waals surface area contributed by atoms with Crippen LogP contribution in [0.5, 0.6) is 0 Å². The zero-order chi connectivity index (χ0) is 10.3. The second-order valence-corrected chi connectivity index (χ2v) is 4.86. The van der Waals surface area contributed by atoms with E-state index in [-0.39, 0.29) is 0 Å². The molecule has 1 nitrogen and oxygen atoms in total. The highest BCUT2D eigenvalue weighted by Crippen LogP contribution is 2.47. The number of rotatable bonds is 0. The van der Waals surface area contributed by atoms with E-state index in [1.165, 1.54) is 37.7 Å². The molecule has 15 heavy (non-hydrogen) atoms. The number of benzene rings is 1. The second kappa shape index (κ2) is 3.38.